The van der Waals surface area contributed by atoms with Gasteiger partial charge in [0.15, 0.2) is 0 Å². The summed E-state index contributed by atoms with van der Waals surface area (Å²) >= 11 is 0. The Balaban J connectivity index is 2.08. The SMILES string of the molecule is CC1C=CC=CC1C1C=CC(F)=CC1CCCC=O. The lowest BCUT2D eigenvalue weighted by atomic mass is 9.71. The molecule has 0 fully saturated rings. The molecule has 102 valence electrons. The second kappa shape index (κ2) is 6.65. The highest BCUT2D eigenvalue weighted by atomic mass is 19.1. The maximum Gasteiger partial charge on any atom is 0.119 e. The Morgan fingerprint density at radius 3 is 2.74 bits per heavy atom. The van der Waals surface area contributed by atoms with E-state index in [0.29, 0.717) is 24.2 Å². The van der Waals surface area contributed by atoms with Gasteiger partial charge in [0, 0.05) is 6.42 Å². The molecule has 0 heterocycles. The Hall–Kier alpha value is -1.44. The molecule has 0 aromatic rings. The molecule has 0 aromatic heterocycles. The number of hydrogen-bond donors (Lipinski definition) is 0. The Morgan fingerprint density at radius 2 is 2.00 bits per heavy atom. The molecule has 0 radical (unpaired) electrons. The van der Waals surface area contributed by atoms with Crippen LogP contribution < -0.4 is 0 Å². The van der Waals surface area contributed by atoms with Gasteiger partial charge >= 0.3 is 0 Å². The lowest BCUT2D eigenvalue weighted by molar-refractivity contribution is -0.108. The van der Waals surface area contributed by atoms with Gasteiger partial charge in [-0.05, 0) is 48.7 Å². The first kappa shape index (κ1) is 14.0. The van der Waals surface area contributed by atoms with Gasteiger partial charge in [-0.15, -0.1) is 0 Å². The van der Waals surface area contributed by atoms with Crippen LogP contribution in [-0.4, -0.2) is 6.29 Å². The Labute approximate surface area is 114 Å². The number of aldehydes is 1. The van der Waals surface area contributed by atoms with Crippen LogP contribution in [0.5, 0.6) is 0 Å². The molecule has 4 atom stereocenters. The molecule has 0 saturated carbocycles. The number of allylic oxidation sites excluding steroid dienone is 8. The molecular weight excluding hydrogens is 239 g/mol. The average molecular weight is 260 g/mol. The zero-order valence-corrected chi connectivity index (χ0v) is 11.3. The van der Waals surface area contributed by atoms with E-state index in [1.54, 1.807) is 12.2 Å². The van der Waals surface area contributed by atoms with Gasteiger partial charge in [-0.3, -0.25) is 0 Å². The van der Waals surface area contributed by atoms with Crippen LogP contribution in [0.1, 0.15) is 26.2 Å². The maximum atomic E-state index is 13.5. The van der Waals surface area contributed by atoms with E-state index >= 15 is 0 Å². The summed E-state index contributed by atoms with van der Waals surface area (Å²) in [5.41, 5.74) is 0. The van der Waals surface area contributed by atoms with Crippen molar-refractivity contribution in [2.45, 2.75) is 26.2 Å². The molecule has 19 heavy (non-hydrogen) atoms. The normalized spacial score (nSPS) is 33.3. The standard InChI is InChI=1S/C17H21FO/c1-13-6-2-3-8-16(13)17-10-9-15(18)12-14(17)7-4-5-11-19/h2-3,6,8-14,16-17H,4-5,7H2,1H3. The highest BCUT2D eigenvalue weighted by molar-refractivity contribution is 5.49. The van der Waals surface area contributed by atoms with E-state index in [2.05, 4.69) is 31.2 Å². The van der Waals surface area contributed by atoms with Gasteiger partial charge < -0.3 is 4.79 Å². The zero-order chi connectivity index (χ0) is 13.7. The third-order valence-electron chi connectivity index (χ3n) is 4.12. The second-order valence-corrected chi connectivity index (χ2v) is 5.46. The van der Waals surface area contributed by atoms with Crippen molar-refractivity contribution in [3.05, 3.63) is 48.4 Å². The summed E-state index contributed by atoms with van der Waals surface area (Å²) in [7, 11) is 0. The molecule has 4 unspecified atom stereocenters. The molecular formula is C17H21FO. The Kier molecular flexibility index (Phi) is 4.89. The molecule has 0 saturated heterocycles. The summed E-state index contributed by atoms with van der Waals surface area (Å²) in [6, 6.07) is 0. The number of unbranched alkanes of at least 4 members (excludes halogenated alkanes) is 1. The summed E-state index contributed by atoms with van der Waals surface area (Å²) < 4.78 is 13.5. The molecule has 0 bridgehead atoms. The van der Waals surface area contributed by atoms with Crippen LogP contribution in [0.15, 0.2) is 48.4 Å². The third kappa shape index (κ3) is 3.52. The van der Waals surface area contributed by atoms with E-state index in [9.17, 15) is 9.18 Å². The smallest absolute Gasteiger partial charge is 0.119 e. The number of carbonyl (C=O) groups excluding carboxylic acids is 1. The van der Waals surface area contributed by atoms with E-state index in [4.69, 9.17) is 0 Å². The van der Waals surface area contributed by atoms with Gasteiger partial charge in [0.05, 0.1) is 0 Å². The Morgan fingerprint density at radius 1 is 1.21 bits per heavy atom. The first-order valence-corrected chi connectivity index (χ1v) is 7.06. The van der Waals surface area contributed by atoms with Crippen LogP contribution in [0.25, 0.3) is 0 Å². The van der Waals surface area contributed by atoms with Crippen molar-refractivity contribution in [2.24, 2.45) is 23.7 Å². The third-order valence-corrected chi connectivity index (χ3v) is 4.12. The minimum atomic E-state index is -0.143. The minimum Gasteiger partial charge on any atom is -0.303 e. The lowest BCUT2D eigenvalue weighted by Gasteiger charge is -2.34. The molecule has 2 rings (SSSR count). The highest BCUT2D eigenvalue weighted by Crippen LogP contribution is 2.38. The molecule has 0 N–H and O–H groups in total. The van der Waals surface area contributed by atoms with Crippen LogP contribution in [0.2, 0.25) is 0 Å². The van der Waals surface area contributed by atoms with Crippen LogP contribution in [0, 0.1) is 23.7 Å². The summed E-state index contributed by atoms with van der Waals surface area (Å²) in [6.07, 6.45) is 17.1. The van der Waals surface area contributed by atoms with Crippen molar-refractivity contribution in [1.29, 1.82) is 0 Å². The van der Waals surface area contributed by atoms with Crippen LogP contribution in [0.3, 0.4) is 0 Å². The molecule has 2 aliphatic carbocycles. The molecule has 0 aliphatic heterocycles. The number of hydrogen-bond acceptors (Lipinski definition) is 1. The average Bonchev–Trinajstić information content (AvgIpc) is 2.40. The highest BCUT2D eigenvalue weighted by Gasteiger charge is 2.30. The van der Waals surface area contributed by atoms with Crippen molar-refractivity contribution >= 4 is 6.29 Å². The summed E-state index contributed by atoms with van der Waals surface area (Å²) in [5.74, 6) is 1.29. The van der Waals surface area contributed by atoms with Gasteiger partial charge in [0.25, 0.3) is 0 Å². The number of halogens is 1. The van der Waals surface area contributed by atoms with Gasteiger partial charge in [0.1, 0.15) is 12.1 Å². The van der Waals surface area contributed by atoms with E-state index < -0.39 is 0 Å². The predicted octanol–water partition coefficient (Wildman–Crippen LogP) is 4.39. The molecule has 2 aliphatic rings. The summed E-state index contributed by atoms with van der Waals surface area (Å²) in [6.45, 7) is 2.20. The van der Waals surface area contributed by atoms with Gasteiger partial charge in [-0.2, -0.15) is 0 Å². The Bertz CT molecular complexity index is 431. The first-order chi connectivity index (χ1) is 9.22. The quantitative estimate of drug-likeness (QED) is 0.529. The number of carbonyl (C=O) groups is 1. The lowest BCUT2D eigenvalue weighted by Crippen LogP contribution is -2.26. The van der Waals surface area contributed by atoms with Crippen molar-refractivity contribution in [3.8, 4) is 0 Å². The van der Waals surface area contributed by atoms with E-state index in [1.165, 1.54) is 0 Å². The summed E-state index contributed by atoms with van der Waals surface area (Å²) in [5, 5.41) is 0. The van der Waals surface area contributed by atoms with Crippen LogP contribution in [-0.2, 0) is 4.79 Å². The van der Waals surface area contributed by atoms with Crippen molar-refractivity contribution in [3.63, 3.8) is 0 Å². The molecule has 0 spiro atoms. The van der Waals surface area contributed by atoms with Gasteiger partial charge in [0.2, 0.25) is 0 Å². The van der Waals surface area contributed by atoms with E-state index in [0.717, 1.165) is 19.1 Å². The molecule has 0 amide bonds. The number of rotatable bonds is 5. The molecule has 1 nitrogen and oxygen atoms in total. The van der Waals surface area contributed by atoms with Crippen LogP contribution >= 0.6 is 0 Å². The topological polar surface area (TPSA) is 17.1 Å². The van der Waals surface area contributed by atoms with Crippen molar-refractivity contribution in [1.82, 2.24) is 0 Å². The van der Waals surface area contributed by atoms with Crippen LogP contribution in [0.4, 0.5) is 4.39 Å². The minimum absolute atomic E-state index is 0.143. The summed E-state index contributed by atoms with van der Waals surface area (Å²) in [4.78, 5) is 10.4. The maximum absolute atomic E-state index is 13.5. The fourth-order valence-corrected chi connectivity index (χ4v) is 3.06. The first-order valence-electron chi connectivity index (χ1n) is 7.06. The van der Waals surface area contributed by atoms with E-state index in [1.807, 2.05) is 6.08 Å². The predicted molar refractivity (Wildman–Crippen MR) is 76.2 cm³/mol. The largest absolute Gasteiger partial charge is 0.303 e. The molecule has 2 heteroatoms. The van der Waals surface area contributed by atoms with Crippen molar-refractivity contribution < 1.29 is 9.18 Å². The zero-order valence-electron chi connectivity index (χ0n) is 11.3. The fourth-order valence-electron chi connectivity index (χ4n) is 3.06. The van der Waals surface area contributed by atoms with Gasteiger partial charge in [-0.1, -0.05) is 37.3 Å². The molecule has 0 aromatic carbocycles. The second-order valence-electron chi connectivity index (χ2n) is 5.46. The van der Waals surface area contributed by atoms with E-state index in [-0.39, 0.29) is 11.7 Å². The fraction of sp³-hybridized carbons (Fsp3) is 0.471. The van der Waals surface area contributed by atoms with Gasteiger partial charge in [-0.25, -0.2) is 4.39 Å². The van der Waals surface area contributed by atoms with Crippen molar-refractivity contribution in [2.75, 3.05) is 0 Å². The monoisotopic (exact) mass is 260 g/mol.